The summed E-state index contributed by atoms with van der Waals surface area (Å²) in [5.74, 6) is -0.724. The maximum absolute atomic E-state index is 14.2. The lowest BCUT2D eigenvalue weighted by molar-refractivity contribution is 0.0164. The van der Waals surface area contributed by atoms with Crippen molar-refractivity contribution >= 4 is 11.8 Å². The molecule has 2 atom stereocenters. The SMILES string of the molecule is COc1cc(C(O)C(O)CNC(=O)OCC2c3ccccc3-c3ccccc32)c(F)cc1N. The number of nitrogens with one attached hydrogen (secondary N) is 1. The molecule has 1 amide bonds. The molecule has 4 rings (SSSR count). The van der Waals surface area contributed by atoms with Crippen molar-refractivity contribution in [2.45, 2.75) is 18.1 Å². The molecule has 1 aliphatic rings. The van der Waals surface area contributed by atoms with Crippen LogP contribution in [-0.4, -0.2) is 42.7 Å². The number of aliphatic hydroxyl groups is 2. The van der Waals surface area contributed by atoms with Gasteiger partial charge in [0.05, 0.1) is 12.8 Å². The first-order chi connectivity index (χ1) is 15.9. The molecular formula is C25H25FN2O5. The number of aliphatic hydroxyl groups excluding tert-OH is 2. The van der Waals surface area contributed by atoms with Gasteiger partial charge in [-0.3, -0.25) is 0 Å². The summed E-state index contributed by atoms with van der Waals surface area (Å²) < 4.78 is 24.6. The Morgan fingerprint density at radius 1 is 1.09 bits per heavy atom. The number of rotatable bonds is 7. The highest BCUT2D eigenvalue weighted by molar-refractivity contribution is 5.79. The molecule has 172 valence electrons. The van der Waals surface area contributed by atoms with Crippen molar-refractivity contribution in [2.24, 2.45) is 0 Å². The van der Waals surface area contributed by atoms with Crippen molar-refractivity contribution in [3.63, 3.8) is 0 Å². The molecule has 0 heterocycles. The number of methoxy groups -OCH3 is 1. The zero-order valence-corrected chi connectivity index (χ0v) is 18.0. The van der Waals surface area contributed by atoms with E-state index >= 15 is 0 Å². The highest BCUT2D eigenvalue weighted by Gasteiger charge is 2.29. The molecule has 0 bridgehead atoms. The Hall–Kier alpha value is -3.62. The van der Waals surface area contributed by atoms with E-state index in [9.17, 15) is 19.4 Å². The van der Waals surface area contributed by atoms with Crippen LogP contribution in [0.3, 0.4) is 0 Å². The summed E-state index contributed by atoms with van der Waals surface area (Å²) in [6, 6.07) is 18.1. The summed E-state index contributed by atoms with van der Waals surface area (Å²) in [4.78, 5) is 12.3. The number of alkyl carbamates (subject to hydrolysis) is 1. The largest absolute Gasteiger partial charge is 0.495 e. The maximum atomic E-state index is 14.2. The molecule has 0 radical (unpaired) electrons. The summed E-state index contributed by atoms with van der Waals surface area (Å²) in [6.07, 6.45) is -3.83. The van der Waals surface area contributed by atoms with Crippen molar-refractivity contribution in [1.82, 2.24) is 5.32 Å². The van der Waals surface area contributed by atoms with Gasteiger partial charge >= 0.3 is 6.09 Å². The third-order valence-corrected chi connectivity index (χ3v) is 5.83. The van der Waals surface area contributed by atoms with Gasteiger partial charge in [0.15, 0.2) is 0 Å². The first-order valence-corrected chi connectivity index (χ1v) is 10.5. The predicted molar refractivity (Wildman–Crippen MR) is 121 cm³/mol. The number of anilines is 1. The number of hydrogen-bond acceptors (Lipinski definition) is 6. The number of fused-ring (bicyclic) bond motifs is 3. The Morgan fingerprint density at radius 3 is 2.30 bits per heavy atom. The van der Waals surface area contributed by atoms with Gasteiger partial charge < -0.3 is 30.7 Å². The second kappa shape index (κ2) is 9.48. The number of ether oxygens (including phenoxy) is 2. The summed E-state index contributed by atoms with van der Waals surface area (Å²) in [5, 5.41) is 23.0. The van der Waals surface area contributed by atoms with Crippen molar-refractivity contribution in [2.75, 3.05) is 26.0 Å². The zero-order valence-electron chi connectivity index (χ0n) is 18.0. The smallest absolute Gasteiger partial charge is 0.407 e. The molecule has 0 spiro atoms. The van der Waals surface area contributed by atoms with Gasteiger partial charge in [0.2, 0.25) is 0 Å². The third kappa shape index (κ3) is 4.48. The first kappa shape index (κ1) is 22.6. The monoisotopic (exact) mass is 452 g/mol. The number of carbonyl (C=O) groups excluding carboxylic acids is 1. The van der Waals surface area contributed by atoms with Crippen LogP contribution in [0.1, 0.15) is 28.7 Å². The zero-order chi connectivity index (χ0) is 23.5. The van der Waals surface area contributed by atoms with Crippen LogP contribution in [0.15, 0.2) is 60.7 Å². The number of benzene rings is 3. The van der Waals surface area contributed by atoms with Crippen LogP contribution in [0.25, 0.3) is 11.1 Å². The van der Waals surface area contributed by atoms with Crippen LogP contribution in [0, 0.1) is 5.82 Å². The van der Waals surface area contributed by atoms with Gasteiger partial charge in [0.1, 0.15) is 30.4 Å². The van der Waals surface area contributed by atoms with E-state index in [4.69, 9.17) is 15.2 Å². The normalized spacial score (nSPS) is 14.2. The van der Waals surface area contributed by atoms with Crippen LogP contribution in [0.2, 0.25) is 0 Å². The lowest BCUT2D eigenvalue weighted by atomic mass is 9.98. The van der Waals surface area contributed by atoms with Crippen molar-refractivity contribution < 1.29 is 28.9 Å². The van der Waals surface area contributed by atoms with E-state index in [0.29, 0.717) is 0 Å². The molecule has 0 fully saturated rings. The minimum atomic E-state index is -1.60. The number of carbonyl (C=O) groups is 1. The van der Waals surface area contributed by atoms with E-state index in [2.05, 4.69) is 5.32 Å². The van der Waals surface area contributed by atoms with E-state index in [-0.39, 0.29) is 36.1 Å². The molecule has 7 nitrogen and oxygen atoms in total. The van der Waals surface area contributed by atoms with Crippen LogP contribution in [0.5, 0.6) is 5.75 Å². The lowest BCUT2D eigenvalue weighted by Gasteiger charge is -2.20. The third-order valence-electron chi connectivity index (χ3n) is 5.83. The summed E-state index contributed by atoms with van der Waals surface area (Å²) >= 11 is 0. The number of hydrogen-bond donors (Lipinski definition) is 4. The fourth-order valence-corrected chi connectivity index (χ4v) is 4.14. The van der Waals surface area contributed by atoms with Gasteiger partial charge in [-0.15, -0.1) is 0 Å². The van der Waals surface area contributed by atoms with Gasteiger partial charge in [-0.2, -0.15) is 0 Å². The van der Waals surface area contributed by atoms with Gasteiger partial charge in [-0.25, -0.2) is 9.18 Å². The standard InChI is InChI=1S/C25H25FN2O5/c1-32-23-10-18(20(26)11-21(23)27)24(30)22(29)12-28-25(31)33-13-19-16-8-4-2-6-14(16)15-7-3-5-9-17(15)19/h2-11,19,22,24,29-30H,12-13,27H2,1H3,(H,28,31). The number of halogens is 1. The van der Waals surface area contributed by atoms with Crippen LogP contribution in [-0.2, 0) is 4.74 Å². The molecule has 3 aromatic carbocycles. The van der Waals surface area contributed by atoms with Crippen molar-refractivity contribution in [3.05, 3.63) is 83.2 Å². The number of nitrogen functional groups attached to an aromatic ring is 1. The Balaban J connectivity index is 1.36. The van der Waals surface area contributed by atoms with Crippen molar-refractivity contribution in [3.8, 4) is 16.9 Å². The molecule has 3 aromatic rings. The van der Waals surface area contributed by atoms with Gasteiger partial charge in [0.25, 0.3) is 0 Å². The minimum Gasteiger partial charge on any atom is -0.495 e. The predicted octanol–water partition coefficient (Wildman–Crippen LogP) is 3.35. The molecule has 2 unspecified atom stereocenters. The molecule has 8 heteroatoms. The molecule has 1 aliphatic carbocycles. The highest BCUT2D eigenvalue weighted by atomic mass is 19.1. The van der Waals surface area contributed by atoms with Gasteiger partial charge in [0, 0.05) is 24.1 Å². The maximum Gasteiger partial charge on any atom is 0.407 e. The average molecular weight is 452 g/mol. The molecule has 0 saturated carbocycles. The summed E-state index contributed by atoms with van der Waals surface area (Å²) in [6.45, 7) is -0.230. The average Bonchev–Trinajstić information content (AvgIpc) is 3.14. The Morgan fingerprint density at radius 2 is 1.70 bits per heavy atom. The van der Waals surface area contributed by atoms with Crippen molar-refractivity contribution in [1.29, 1.82) is 0 Å². The van der Waals surface area contributed by atoms with Crippen LogP contribution < -0.4 is 15.8 Å². The van der Waals surface area contributed by atoms with E-state index in [0.717, 1.165) is 28.3 Å². The van der Waals surface area contributed by atoms with Crippen LogP contribution >= 0.6 is 0 Å². The molecule has 0 aliphatic heterocycles. The van der Waals surface area contributed by atoms with Crippen LogP contribution in [0.4, 0.5) is 14.9 Å². The van der Waals surface area contributed by atoms with Gasteiger partial charge in [-0.05, 0) is 28.3 Å². The second-order valence-corrected chi connectivity index (χ2v) is 7.83. The first-order valence-electron chi connectivity index (χ1n) is 10.5. The Bertz CT molecular complexity index is 1120. The minimum absolute atomic E-state index is 0.0669. The Kier molecular flexibility index (Phi) is 6.48. The fourth-order valence-electron chi connectivity index (χ4n) is 4.14. The molecule has 5 N–H and O–H groups in total. The van der Waals surface area contributed by atoms with E-state index in [1.54, 1.807) is 0 Å². The van der Waals surface area contributed by atoms with E-state index in [1.165, 1.54) is 13.2 Å². The molecule has 0 saturated heterocycles. The highest BCUT2D eigenvalue weighted by Crippen LogP contribution is 2.44. The molecule has 0 aromatic heterocycles. The van der Waals surface area contributed by atoms with E-state index < -0.39 is 24.1 Å². The fraction of sp³-hybridized carbons (Fsp3) is 0.240. The number of amides is 1. The molecular weight excluding hydrogens is 427 g/mol. The molecule has 33 heavy (non-hydrogen) atoms. The topological polar surface area (TPSA) is 114 Å². The summed E-state index contributed by atoms with van der Waals surface area (Å²) in [7, 11) is 1.36. The quantitative estimate of drug-likeness (QED) is 0.409. The summed E-state index contributed by atoms with van der Waals surface area (Å²) in [5.41, 5.74) is 9.89. The number of nitrogens with two attached hydrogens (primary N) is 1. The lowest BCUT2D eigenvalue weighted by Crippen LogP contribution is -2.36. The van der Waals surface area contributed by atoms with Gasteiger partial charge in [-0.1, -0.05) is 48.5 Å². The second-order valence-electron chi connectivity index (χ2n) is 7.83. The Labute approximate surface area is 190 Å². The van der Waals surface area contributed by atoms with E-state index in [1.807, 2.05) is 48.5 Å².